The van der Waals surface area contributed by atoms with Crippen LogP contribution in [0.25, 0.3) is 0 Å². The molecule has 0 fully saturated rings. The lowest BCUT2D eigenvalue weighted by atomic mass is 10.2. The minimum absolute atomic E-state index is 0.0114. The molecule has 0 atom stereocenters. The number of halogens is 2. The summed E-state index contributed by atoms with van der Waals surface area (Å²) in [5, 5.41) is 2.77. The van der Waals surface area contributed by atoms with Gasteiger partial charge in [-0.1, -0.05) is 23.7 Å². The Balaban J connectivity index is 1.83. The molecule has 3 aromatic rings. The summed E-state index contributed by atoms with van der Waals surface area (Å²) in [5.74, 6) is -0.769. The summed E-state index contributed by atoms with van der Waals surface area (Å²) in [6, 6.07) is 9.30. The zero-order valence-electron chi connectivity index (χ0n) is 13.3. The van der Waals surface area contributed by atoms with E-state index in [1.165, 1.54) is 23.5 Å². The third-order valence-corrected chi connectivity index (χ3v) is 4.55. The third kappa shape index (κ3) is 3.94. The van der Waals surface area contributed by atoms with Gasteiger partial charge in [-0.15, -0.1) is 11.3 Å². The first-order valence-corrected chi connectivity index (χ1v) is 8.48. The number of thiophene rings is 1. The number of para-hydroxylation sites is 1. The lowest BCUT2D eigenvalue weighted by Gasteiger charge is -2.12. The molecule has 0 aliphatic carbocycles. The van der Waals surface area contributed by atoms with Gasteiger partial charge in [0, 0.05) is 0 Å². The van der Waals surface area contributed by atoms with Crippen LogP contribution >= 0.6 is 22.9 Å². The second-order valence-electron chi connectivity index (χ2n) is 5.14. The van der Waals surface area contributed by atoms with Crippen molar-refractivity contribution in [2.75, 3.05) is 5.32 Å². The van der Waals surface area contributed by atoms with Crippen LogP contribution < -0.4 is 10.1 Å². The number of aryl methyl sites for hydroxylation is 2. The summed E-state index contributed by atoms with van der Waals surface area (Å²) in [6.45, 7) is 3.42. The van der Waals surface area contributed by atoms with Gasteiger partial charge in [-0.2, -0.15) is 9.97 Å². The fourth-order valence-electron chi connectivity index (χ4n) is 2.15. The van der Waals surface area contributed by atoms with Gasteiger partial charge < -0.3 is 10.1 Å². The van der Waals surface area contributed by atoms with Gasteiger partial charge >= 0.3 is 6.01 Å². The fraction of sp³-hybridized carbons (Fsp3) is 0.118. The Labute approximate surface area is 152 Å². The predicted molar refractivity (Wildman–Crippen MR) is 95.3 cm³/mol. The van der Waals surface area contributed by atoms with E-state index in [1.54, 1.807) is 38.1 Å². The average molecular weight is 378 g/mol. The van der Waals surface area contributed by atoms with Crippen LogP contribution in [0.2, 0.25) is 4.34 Å². The zero-order valence-corrected chi connectivity index (χ0v) is 14.9. The molecule has 0 saturated carbocycles. The second-order valence-corrected chi connectivity index (χ2v) is 6.86. The van der Waals surface area contributed by atoms with Gasteiger partial charge in [-0.25, -0.2) is 4.39 Å². The highest BCUT2D eigenvalue weighted by Crippen LogP contribution is 2.27. The van der Waals surface area contributed by atoms with Crippen molar-refractivity contribution < 1.29 is 13.9 Å². The van der Waals surface area contributed by atoms with Gasteiger partial charge in [-0.05, 0) is 38.1 Å². The predicted octanol–water partition coefficient (Wildman–Crippen LogP) is 4.99. The van der Waals surface area contributed by atoms with E-state index in [9.17, 15) is 9.18 Å². The van der Waals surface area contributed by atoms with E-state index < -0.39 is 5.82 Å². The van der Waals surface area contributed by atoms with Crippen LogP contribution in [0.15, 0.2) is 36.4 Å². The van der Waals surface area contributed by atoms with E-state index in [4.69, 9.17) is 16.3 Å². The van der Waals surface area contributed by atoms with Gasteiger partial charge in [0.25, 0.3) is 5.91 Å². The van der Waals surface area contributed by atoms with Crippen LogP contribution in [0.1, 0.15) is 21.1 Å². The van der Waals surface area contributed by atoms with Gasteiger partial charge in [0.2, 0.25) is 0 Å². The molecule has 0 aliphatic rings. The number of ether oxygens (including phenoxy) is 1. The minimum Gasteiger partial charge on any atom is -0.421 e. The Kier molecular flexibility index (Phi) is 4.96. The highest BCUT2D eigenvalue weighted by atomic mass is 35.5. The molecule has 0 aliphatic heterocycles. The van der Waals surface area contributed by atoms with E-state index in [1.807, 2.05) is 0 Å². The number of rotatable bonds is 4. The third-order valence-electron chi connectivity index (χ3n) is 3.32. The molecule has 1 aromatic carbocycles. The number of nitrogens with zero attached hydrogens (tertiary/aromatic N) is 2. The molecule has 0 spiro atoms. The maximum Gasteiger partial charge on any atom is 0.322 e. The molecule has 2 heterocycles. The Bertz CT molecular complexity index is 922. The number of anilines is 1. The van der Waals surface area contributed by atoms with E-state index >= 15 is 0 Å². The van der Waals surface area contributed by atoms with Crippen LogP contribution in [-0.4, -0.2) is 15.9 Å². The maximum atomic E-state index is 13.7. The van der Waals surface area contributed by atoms with Crippen molar-refractivity contribution in [3.8, 4) is 11.8 Å². The summed E-state index contributed by atoms with van der Waals surface area (Å²) in [5.41, 5.74) is 1.50. The van der Waals surface area contributed by atoms with Crippen molar-refractivity contribution in [1.29, 1.82) is 0 Å². The van der Waals surface area contributed by atoms with Crippen molar-refractivity contribution >= 4 is 34.5 Å². The first-order chi connectivity index (χ1) is 11.9. The quantitative estimate of drug-likeness (QED) is 0.695. The summed E-state index contributed by atoms with van der Waals surface area (Å²) in [4.78, 5) is 21.1. The first-order valence-electron chi connectivity index (χ1n) is 7.28. The van der Waals surface area contributed by atoms with E-state index in [0.29, 0.717) is 26.3 Å². The maximum absolute atomic E-state index is 13.7. The summed E-state index contributed by atoms with van der Waals surface area (Å²) in [6.07, 6.45) is 0. The molecule has 8 heteroatoms. The topological polar surface area (TPSA) is 64.1 Å². The Morgan fingerprint density at radius 2 is 1.84 bits per heavy atom. The lowest BCUT2D eigenvalue weighted by molar-refractivity contribution is 0.103. The van der Waals surface area contributed by atoms with E-state index in [0.717, 1.165) is 0 Å². The number of carbonyl (C=O) groups is 1. The van der Waals surface area contributed by atoms with Gasteiger partial charge in [0.1, 0.15) is 0 Å². The number of hydrogen-bond acceptors (Lipinski definition) is 5. The molecule has 0 radical (unpaired) electrons. The molecular weight excluding hydrogens is 365 g/mol. The molecule has 128 valence electrons. The second kappa shape index (κ2) is 7.16. The summed E-state index contributed by atoms with van der Waals surface area (Å²) < 4.78 is 19.6. The molecule has 1 N–H and O–H groups in total. The van der Waals surface area contributed by atoms with Crippen LogP contribution in [0.3, 0.4) is 0 Å². The van der Waals surface area contributed by atoms with E-state index in [2.05, 4.69) is 15.3 Å². The van der Waals surface area contributed by atoms with Gasteiger partial charge in [0.15, 0.2) is 11.6 Å². The molecule has 1 amide bonds. The Hall–Kier alpha value is -2.51. The smallest absolute Gasteiger partial charge is 0.322 e. The van der Waals surface area contributed by atoms with Gasteiger partial charge in [0.05, 0.1) is 26.3 Å². The molecular formula is C17H13ClFN3O2S. The van der Waals surface area contributed by atoms with Crippen molar-refractivity contribution in [2.24, 2.45) is 0 Å². The molecule has 25 heavy (non-hydrogen) atoms. The molecule has 3 rings (SSSR count). The zero-order chi connectivity index (χ0) is 18.0. The highest BCUT2D eigenvalue weighted by molar-refractivity contribution is 7.18. The Morgan fingerprint density at radius 3 is 2.44 bits per heavy atom. The Morgan fingerprint density at radius 1 is 1.16 bits per heavy atom. The van der Waals surface area contributed by atoms with Crippen molar-refractivity contribution in [1.82, 2.24) is 9.97 Å². The lowest BCUT2D eigenvalue weighted by Crippen LogP contribution is -2.14. The van der Waals surface area contributed by atoms with E-state index in [-0.39, 0.29) is 17.7 Å². The summed E-state index contributed by atoms with van der Waals surface area (Å²) >= 11 is 7.03. The number of carbonyl (C=O) groups excluding carboxylic acids is 1. The number of aromatic nitrogens is 2. The average Bonchev–Trinajstić information content (AvgIpc) is 3.00. The standard InChI is InChI=1S/C17H13ClFN3O2S/c1-9-15(22-16(23)13-7-8-14(18)25-13)10(2)21-17(20-9)24-12-6-4-3-5-11(12)19/h3-8H,1-2H3,(H,22,23). The fourth-order valence-corrected chi connectivity index (χ4v) is 3.09. The van der Waals surface area contributed by atoms with Crippen molar-refractivity contribution in [3.63, 3.8) is 0 Å². The number of amides is 1. The molecule has 2 aromatic heterocycles. The first kappa shape index (κ1) is 17.3. The van der Waals surface area contributed by atoms with Crippen molar-refractivity contribution in [2.45, 2.75) is 13.8 Å². The number of benzene rings is 1. The summed E-state index contributed by atoms with van der Waals surface area (Å²) in [7, 11) is 0. The molecule has 5 nitrogen and oxygen atoms in total. The largest absolute Gasteiger partial charge is 0.421 e. The molecule has 0 unspecified atom stereocenters. The van der Waals surface area contributed by atoms with Crippen molar-refractivity contribution in [3.05, 3.63) is 62.8 Å². The molecule has 0 bridgehead atoms. The SMILES string of the molecule is Cc1nc(Oc2ccccc2F)nc(C)c1NC(=O)c1ccc(Cl)s1. The minimum atomic E-state index is -0.506. The molecule has 0 saturated heterocycles. The van der Waals surface area contributed by atoms with Crippen LogP contribution in [0.5, 0.6) is 11.8 Å². The number of nitrogens with one attached hydrogen (secondary N) is 1. The van der Waals surface area contributed by atoms with Crippen LogP contribution in [0, 0.1) is 19.7 Å². The number of hydrogen-bond donors (Lipinski definition) is 1. The monoisotopic (exact) mass is 377 g/mol. The van der Waals surface area contributed by atoms with Gasteiger partial charge in [-0.3, -0.25) is 4.79 Å². The van der Waals surface area contributed by atoms with Crippen LogP contribution in [-0.2, 0) is 0 Å². The normalized spacial score (nSPS) is 10.6. The van der Waals surface area contributed by atoms with Crippen LogP contribution in [0.4, 0.5) is 10.1 Å². The highest BCUT2D eigenvalue weighted by Gasteiger charge is 2.16.